The molecule has 2 aromatic rings. The number of nitrogen functional groups attached to an aromatic ring is 1. The summed E-state index contributed by atoms with van der Waals surface area (Å²) in [5.41, 5.74) is 9.03. The van der Waals surface area contributed by atoms with Crippen molar-refractivity contribution in [1.82, 2.24) is 4.90 Å². The summed E-state index contributed by atoms with van der Waals surface area (Å²) in [6.45, 7) is 2.03. The Bertz CT molecular complexity index is 613. The number of hydrogen-bond acceptors (Lipinski definition) is 4. The first kappa shape index (κ1) is 12.8. The maximum atomic E-state index is 5.80. The standard InChI is InChI=1S/C16H18N2O2/c1-18(9-12-3-2-4-14(17)7-12)10-13-5-6-15-16(8-13)20-11-19-15/h2-8H,9-11,17H2,1H3. The number of rotatable bonds is 4. The largest absolute Gasteiger partial charge is 0.454 e. The van der Waals surface area contributed by atoms with Crippen LogP contribution in [-0.2, 0) is 13.1 Å². The van der Waals surface area contributed by atoms with Gasteiger partial charge in [-0.3, -0.25) is 4.90 Å². The van der Waals surface area contributed by atoms with E-state index in [1.807, 2.05) is 30.3 Å². The minimum Gasteiger partial charge on any atom is -0.454 e. The van der Waals surface area contributed by atoms with Gasteiger partial charge in [-0.1, -0.05) is 18.2 Å². The van der Waals surface area contributed by atoms with Crippen LogP contribution in [0.5, 0.6) is 11.5 Å². The van der Waals surface area contributed by atoms with E-state index in [0.29, 0.717) is 6.79 Å². The zero-order valence-corrected chi connectivity index (χ0v) is 11.5. The van der Waals surface area contributed by atoms with Gasteiger partial charge in [-0.25, -0.2) is 0 Å². The Morgan fingerprint density at radius 2 is 1.75 bits per heavy atom. The van der Waals surface area contributed by atoms with E-state index in [-0.39, 0.29) is 0 Å². The predicted octanol–water partition coefficient (Wildman–Crippen LogP) is 2.63. The fraction of sp³-hybridized carbons (Fsp3) is 0.250. The molecule has 0 saturated carbocycles. The molecule has 2 N–H and O–H groups in total. The number of hydrogen-bond donors (Lipinski definition) is 1. The number of fused-ring (bicyclic) bond motifs is 1. The molecule has 0 spiro atoms. The summed E-state index contributed by atoms with van der Waals surface area (Å²) in [5.74, 6) is 1.66. The van der Waals surface area contributed by atoms with E-state index in [4.69, 9.17) is 15.2 Å². The molecule has 4 nitrogen and oxygen atoms in total. The molecule has 0 fully saturated rings. The van der Waals surface area contributed by atoms with Gasteiger partial charge < -0.3 is 15.2 Å². The van der Waals surface area contributed by atoms with Crippen LogP contribution in [0.15, 0.2) is 42.5 Å². The minimum absolute atomic E-state index is 0.317. The molecule has 0 aromatic heterocycles. The van der Waals surface area contributed by atoms with E-state index < -0.39 is 0 Å². The lowest BCUT2D eigenvalue weighted by Gasteiger charge is -2.17. The molecule has 104 valence electrons. The molecule has 4 heteroatoms. The molecule has 0 unspecified atom stereocenters. The summed E-state index contributed by atoms with van der Waals surface area (Å²) >= 11 is 0. The molecule has 2 aromatic carbocycles. The first-order chi connectivity index (χ1) is 9.70. The Labute approximate surface area is 118 Å². The van der Waals surface area contributed by atoms with Crippen molar-refractivity contribution < 1.29 is 9.47 Å². The van der Waals surface area contributed by atoms with Crippen LogP contribution in [0, 0.1) is 0 Å². The molecule has 1 heterocycles. The molecule has 0 amide bonds. The fourth-order valence-electron chi connectivity index (χ4n) is 2.41. The third-order valence-electron chi connectivity index (χ3n) is 3.29. The van der Waals surface area contributed by atoms with Gasteiger partial charge in [-0.2, -0.15) is 0 Å². The normalized spacial score (nSPS) is 12.9. The highest BCUT2D eigenvalue weighted by Crippen LogP contribution is 2.32. The quantitative estimate of drug-likeness (QED) is 0.868. The monoisotopic (exact) mass is 270 g/mol. The average molecular weight is 270 g/mol. The summed E-state index contributed by atoms with van der Waals surface area (Å²) in [5, 5.41) is 0. The second-order valence-corrected chi connectivity index (χ2v) is 5.10. The summed E-state index contributed by atoms with van der Waals surface area (Å²) in [4.78, 5) is 2.24. The van der Waals surface area contributed by atoms with E-state index in [0.717, 1.165) is 30.3 Å². The zero-order valence-electron chi connectivity index (χ0n) is 11.5. The summed E-state index contributed by atoms with van der Waals surface area (Å²) in [6.07, 6.45) is 0. The van der Waals surface area contributed by atoms with Crippen molar-refractivity contribution in [2.45, 2.75) is 13.1 Å². The molecule has 0 bridgehead atoms. The van der Waals surface area contributed by atoms with E-state index in [2.05, 4.69) is 24.1 Å². The van der Waals surface area contributed by atoms with Crippen LogP contribution in [0.1, 0.15) is 11.1 Å². The van der Waals surface area contributed by atoms with Gasteiger partial charge in [0.2, 0.25) is 6.79 Å². The Kier molecular flexibility index (Phi) is 3.48. The van der Waals surface area contributed by atoms with Crippen molar-refractivity contribution in [3.63, 3.8) is 0 Å². The topological polar surface area (TPSA) is 47.7 Å². The van der Waals surface area contributed by atoms with Crippen molar-refractivity contribution in [2.75, 3.05) is 19.6 Å². The molecule has 0 saturated heterocycles. The number of anilines is 1. The molecule has 1 aliphatic rings. The number of nitrogens with two attached hydrogens (primary N) is 1. The predicted molar refractivity (Wildman–Crippen MR) is 78.6 cm³/mol. The van der Waals surface area contributed by atoms with E-state index in [1.54, 1.807) is 0 Å². The van der Waals surface area contributed by atoms with Crippen LogP contribution in [-0.4, -0.2) is 18.7 Å². The molecule has 0 atom stereocenters. The molecule has 0 aliphatic carbocycles. The molecular weight excluding hydrogens is 252 g/mol. The third kappa shape index (κ3) is 2.86. The maximum Gasteiger partial charge on any atom is 0.231 e. The second kappa shape index (κ2) is 5.43. The second-order valence-electron chi connectivity index (χ2n) is 5.10. The Morgan fingerprint density at radius 1 is 1.00 bits per heavy atom. The first-order valence-corrected chi connectivity index (χ1v) is 6.62. The van der Waals surface area contributed by atoms with Gasteiger partial charge in [0, 0.05) is 18.8 Å². The Balaban J connectivity index is 1.65. The average Bonchev–Trinajstić information content (AvgIpc) is 2.86. The van der Waals surface area contributed by atoms with Gasteiger partial charge in [0.25, 0.3) is 0 Å². The van der Waals surface area contributed by atoms with Gasteiger partial charge in [-0.05, 0) is 42.4 Å². The maximum absolute atomic E-state index is 5.80. The number of benzene rings is 2. The van der Waals surface area contributed by atoms with Crippen molar-refractivity contribution in [1.29, 1.82) is 0 Å². The lowest BCUT2D eigenvalue weighted by molar-refractivity contribution is 0.174. The highest BCUT2D eigenvalue weighted by Gasteiger charge is 2.13. The SMILES string of the molecule is CN(Cc1cccc(N)c1)Cc1ccc2c(c1)OCO2. The lowest BCUT2D eigenvalue weighted by Crippen LogP contribution is -2.17. The van der Waals surface area contributed by atoms with Crippen LogP contribution >= 0.6 is 0 Å². The molecule has 1 aliphatic heterocycles. The van der Waals surface area contributed by atoms with E-state index in [1.165, 1.54) is 11.1 Å². The number of nitrogens with zero attached hydrogens (tertiary/aromatic N) is 1. The van der Waals surface area contributed by atoms with Crippen molar-refractivity contribution >= 4 is 5.69 Å². The highest BCUT2D eigenvalue weighted by molar-refractivity contribution is 5.44. The molecular formula is C16H18N2O2. The summed E-state index contributed by atoms with van der Waals surface area (Å²) < 4.78 is 10.7. The van der Waals surface area contributed by atoms with Crippen molar-refractivity contribution in [3.05, 3.63) is 53.6 Å². The molecule has 0 radical (unpaired) electrons. The molecule has 3 rings (SSSR count). The van der Waals surface area contributed by atoms with Crippen LogP contribution in [0.4, 0.5) is 5.69 Å². The van der Waals surface area contributed by atoms with Gasteiger partial charge in [0.15, 0.2) is 11.5 Å². The van der Waals surface area contributed by atoms with Crippen molar-refractivity contribution in [3.8, 4) is 11.5 Å². The first-order valence-electron chi connectivity index (χ1n) is 6.62. The van der Waals surface area contributed by atoms with Gasteiger partial charge in [0.05, 0.1) is 0 Å². The van der Waals surface area contributed by atoms with E-state index >= 15 is 0 Å². The van der Waals surface area contributed by atoms with Gasteiger partial charge in [-0.15, -0.1) is 0 Å². The van der Waals surface area contributed by atoms with Gasteiger partial charge >= 0.3 is 0 Å². The highest BCUT2D eigenvalue weighted by atomic mass is 16.7. The van der Waals surface area contributed by atoms with Crippen LogP contribution in [0.3, 0.4) is 0 Å². The zero-order chi connectivity index (χ0) is 13.9. The van der Waals surface area contributed by atoms with Crippen molar-refractivity contribution in [2.24, 2.45) is 0 Å². The molecule has 20 heavy (non-hydrogen) atoms. The Morgan fingerprint density at radius 3 is 2.55 bits per heavy atom. The van der Waals surface area contributed by atoms with E-state index in [9.17, 15) is 0 Å². The minimum atomic E-state index is 0.317. The van der Waals surface area contributed by atoms with Crippen LogP contribution < -0.4 is 15.2 Å². The van der Waals surface area contributed by atoms with Gasteiger partial charge in [0.1, 0.15) is 0 Å². The number of ether oxygens (including phenoxy) is 2. The van der Waals surface area contributed by atoms with Crippen LogP contribution in [0.2, 0.25) is 0 Å². The smallest absolute Gasteiger partial charge is 0.231 e. The third-order valence-corrected chi connectivity index (χ3v) is 3.29. The lowest BCUT2D eigenvalue weighted by atomic mass is 10.1. The Hall–Kier alpha value is -2.20. The van der Waals surface area contributed by atoms with Crippen LogP contribution in [0.25, 0.3) is 0 Å². The summed E-state index contributed by atoms with van der Waals surface area (Å²) in [7, 11) is 2.09. The fourth-order valence-corrected chi connectivity index (χ4v) is 2.41. The summed E-state index contributed by atoms with van der Waals surface area (Å²) in [6, 6.07) is 14.1.